The number of benzene rings is 1. The highest BCUT2D eigenvalue weighted by molar-refractivity contribution is 7.10. The van der Waals surface area contributed by atoms with Crippen molar-refractivity contribution in [3.8, 4) is 16.9 Å². The van der Waals surface area contributed by atoms with Crippen molar-refractivity contribution in [2.24, 2.45) is 5.73 Å². The minimum Gasteiger partial charge on any atom is -0.491 e. The van der Waals surface area contributed by atoms with Gasteiger partial charge in [-0.2, -0.15) is 0 Å². The Morgan fingerprint density at radius 3 is 2.78 bits per heavy atom. The first kappa shape index (κ1) is 13.1. The minimum atomic E-state index is 0.557. The number of ether oxygens (including phenoxy) is 2. The van der Waals surface area contributed by atoms with E-state index in [1.165, 1.54) is 4.88 Å². The summed E-state index contributed by atoms with van der Waals surface area (Å²) in [5, 5.41) is 2.11. The third-order valence-corrected chi connectivity index (χ3v) is 3.56. The summed E-state index contributed by atoms with van der Waals surface area (Å²) in [6.45, 7) is 1.73. The summed E-state index contributed by atoms with van der Waals surface area (Å²) in [6.07, 6.45) is 0. The lowest BCUT2D eigenvalue weighted by Gasteiger charge is -2.09. The second-order valence-corrected chi connectivity index (χ2v) is 4.84. The first-order chi connectivity index (χ1) is 8.85. The van der Waals surface area contributed by atoms with Crippen molar-refractivity contribution in [2.75, 3.05) is 20.3 Å². The Labute approximate surface area is 111 Å². The third-order valence-electron chi connectivity index (χ3n) is 2.60. The third kappa shape index (κ3) is 3.10. The SMILES string of the molecule is COCCOc1ccccc1-c1csc(CN)c1. The highest BCUT2D eigenvalue weighted by Gasteiger charge is 2.07. The zero-order valence-electron chi connectivity index (χ0n) is 10.4. The number of rotatable bonds is 6. The van der Waals surface area contributed by atoms with Crippen LogP contribution in [0.1, 0.15) is 4.88 Å². The van der Waals surface area contributed by atoms with Gasteiger partial charge in [0.25, 0.3) is 0 Å². The molecule has 3 nitrogen and oxygen atoms in total. The van der Waals surface area contributed by atoms with Gasteiger partial charge in [0, 0.05) is 24.1 Å². The molecule has 18 heavy (non-hydrogen) atoms. The van der Waals surface area contributed by atoms with Gasteiger partial charge in [-0.1, -0.05) is 18.2 Å². The van der Waals surface area contributed by atoms with Crippen LogP contribution in [0, 0.1) is 0 Å². The summed E-state index contributed by atoms with van der Waals surface area (Å²) in [4.78, 5) is 1.18. The minimum absolute atomic E-state index is 0.557. The smallest absolute Gasteiger partial charge is 0.127 e. The van der Waals surface area contributed by atoms with Crippen molar-refractivity contribution >= 4 is 11.3 Å². The molecule has 0 aliphatic heterocycles. The van der Waals surface area contributed by atoms with Gasteiger partial charge in [0.2, 0.25) is 0 Å². The Kier molecular flexibility index (Phi) is 4.75. The van der Waals surface area contributed by atoms with Gasteiger partial charge in [0.05, 0.1) is 6.61 Å². The maximum Gasteiger partial charge on any atom is 0.127 e. The van der Waals surface area contributed by atoms with Crippen LogP contribution in [0.15, 0.2) is 35.7 Å². The standard InChI is InChI=1S/C14H17NO2S/c1-16-6-7-17-14-5-3-2-4-13(14)11-8-12(9-15)18-10-11/h2-5,8,10H,6-7,9,15H2,1H3. The molecule has 4 heteroatoms. The molecule has 1 aromatic carbocycles. The summed E-state index contributed by atoms with van der Waals surface area (Å²) < 4.78 is 10.7. The van der Waals surface area contributed by atoms with Gasteiger partial charge in [-0.25, -0.2) is 0 Å². The van der Waals surface area contributed by atoms with E-state index in [2.05, 4.69) is 17.5 Å². The topological polar surface area (TPSA) is 44.5 Å². The Balaban J connectivity index is 2.20. The maximum absolute atomic E-state index is 5.72. The van der Waals surface area contributed by atoms with Crippen molar-refractivity contribution in [1.29, 1.82) is 0 Å². The monoisotopic (exact) mass is 263 g/mol. The van der Waals surface area contributed by atoms with Crippen molar-refractivity contribution < 1.29 is 9.47 Å². The van der Waals surface area contributed by atoms with Crippen LogP contribution in [-0.4, -0.2) is 20.3 Å². The zero-order valence-corrected chi connectivity index (χ0v) is 11.2. The van der Waals surface area contributed by atoms with Gasteiger partial charge in [-0.15, -0.1) is 11.3 Å². The average molecular weight is 263 g/mol. The van der Waals surface area contributed by atoms with Crippen molar-refractivity contribution in [3.63, 3.8) is 0 Å². The molecule has 0 saturated heterocycles. The molecule has 0 bridgehead atoms. The van der Waals surface area contributed by atoms with Gasteiger partial charge < -0.3 is 15.2 Å². The fourth-order valence-electron chi connectivity index (χ4n) is 1.69. The van der Waals surface area contributed by atoms with Gasteiger partial charge in [-0.05, 0) is 23.1 Å². The molecule has 0 radical (unpaired) electrons. The van der Waals surface area contributed by atoms with E-state index < -0.39 is 0 Å². The van der Waals surface area contributed by atoms with Crippen LogP contribution in [0.25, 0.3) is 11.1 Å². The van der Waals surface area contributed by atoms with E-state index in [9.17, 15) is 0 Å². The molecule has 2 aromatic rings. The Morgan fingerprint density at radius 1 is 1.22 bits per heavy atom. The number of nitrogens with two attached hydrogens (primary N) is 1. The summed E-state index contributed by atoms with van der Waals surface area (Å²) in [7, 11) is 1.67. The molecule has 0 aliphatic rings. The maximum atomic E-state index is 5.72. The summed E-state index contributed by atoms with van der Waals surface area (Å²) in [5.41, 5.74) is 7.90. The molecule has 0 saturated carbocycles. The van der Waals surface area contributed by atoms with Crippen LogP contribution < -0.4 is 10.5 Å². The van der Waals surface area contributed by atoms with Crippen LogP contribution >= 0.6 is 11.3 Å². The van der Waals surface area contributed by atoms with Crippen molar-refractivity contribution in [3.05, 3.63) is 40.6 Å². The molecule has 0 spiro atoms. The quantitative estimate of drug-likeness (QED) is 0.815. The normalized spacial score (nSPS) is 10.6. The molecule has 1 heterocycles. The second kappa shape index (κ2) is 6.54. The van der Waals surface area contributed by atoms with Crippen LogP contribution in [0.2, 0.25) is 0 Å². The number of thiophene rings is 1. The van der Waals surface area contributed by atoms with Crippen molar-refractivity contribution in [1.82, 2.24) is 0 Å². The van der Waals surface area contributed by atoms with Gasteiger partial charge in [0.1, 0.15) is 12.4 Å². The molecule has 96 valence electrons. The molecule has 0 fully saturated rings. The van der Waals surface area contributed by atoms with E-state index in [-0.39, 0.29) is 0 Å². The van der Waals surface area contributed by atoms with Crippen LogP contribution in [0.3, 0.4) is 0 Å². The Hall–Kier alpha value is -1.36. The number of methoxy groups -OCH3 is 1. The largest absolute Gasteiger partial charge is 0.491 e. The molecular weight excluding hydrogens is 246 g/mol. The summed E-state index contributed by atoms with van der Waals surface area (Å²) >= 11 is 1.68. The predicted molar refractivity (Wildman–Crippen MR) is 75.0 cm³/mol. The number of para-hydroxylation sites is 1. The van der Waals surface area contributed by atoms with Crippen LogP contribution in [0.5, 0.6) is 5.75 Å². The van der Waals surface area contributed by atoms with Crippen molar-refractivity contribution in [2.45, 2.75) is 6.54 Å². The molecule has 0 atom stereocenters. The number of hydrogen-bond acceptors (Lipinski definition) is 4. The summed E-state index contributed by atoms with van der Waals surface area (Å²) in [6, 6.07) is 10.1. The highest BCUT2D eigenvalue weighted by Crippen LogP contribution is 2.32. The van der Waals surface area contributed by atoms with Gasteiger partial charge in [-0.3, -0.25) is 0 Å². The van der Waals surface area contributed by atoms with E-state index in [1.54, 1.807) is 18.4 Å². The Bertz CT molecular complexity index is 496. The van der Waals surface area contributed by atoms with Gasteiger partial charge >= 0.3 is 0 Å². The van der Waals surface area contributed by atoms with E-state index in [4.69, 9.17) is 15.2 Å². The Morgan fingerprint density at radius 2 is 2.06 bits per heavy atom. The molecule has 1 aromatic heterocycles. The molecule has 2 N–H and O–H groups in total. The lowest BCUT2D eigenvalue weighted by Crippen LogP contribution is -2.04. The molecule has 0 aliphatic carbocycles. The van der Waals surface area contributed by atoms with Crippen LogP contribution in [0.4, 0.5) is 0 Å². The molecule has 0 unspecified atom stereocenters. The van der Waals surface area contributed by atoms with E-state index >= 15 is 0 Å². The first-order valence-electron chi connectivity index (χ1n) is 5.83. The average Bonchev–Trinajstić information content (AvgIpc) is 2.88. The second-order valence-electron chi connectivity index (χ2n) is 3.84. The van der Waals surface area contributed by atoms with E-state index in [0.29, 0.717) is 19.8 Å². The summed E-state index contributed by atoms with van der Waals surface area (Å²) in [5.74, 6) is 0.885. The highest BCUT2D eigenvalue weighted by atomic mass is 32.1. The molecule has 2 rings (SSSR count). The lowest BCUT2D eigenvalue weighted by atomic mass is 10.1. The fourth-order valence-corrected chi connectivity index (χ4v) is 2.46. The number of hydrogen-bond donors (Lipinski definition) is 1. The predicted octanol–water partition coefficient (Wildman–Crippen LogP) is 2.90. The molecular formula is C14H17NO2S. The molecule has 0 amide bonds. The van der Waals surface area contributed by atoms with Gasteiger partial charge in [0.15, 0.2) is 0 Å². The zero-order chi connectivity index (χ0) is 12.8. The fraction of sp³-hybridized carbons (Fsp3) is 0.286. The first-order valence-corrected chi connectivity index (χ1v) is 6.71. The van der Waals surface area contributed by atoms with E-state index in [1.807, 2.05) is 18.2 Å². The lowest BCUT2D eigenvalue weighted by molar-refractivity contribution is 0.146. The van der Waals surface area contributed by atoms with E-state index in [0.717, 1.165) is 16.9 Å². The van der Waals surface area contributed by atoms with Crippen LogP contribution in [-0.2, 0) is 11.3 Å².